The number of amides is 1. The molecule has 1 N–H and O–H groups in total. The van der Waals surface area contributed by atoms with Crippen molar-refractivity contribution in [2.75, 3.05) is 0 Å². The molecule has 2 heterocycles. The van der Waals surface area contributed by atoms with E-state index >= 15 is 0 Å². The Labute approximate surface area is 166 Å². The monoisotopic (exact) mass is 390 g/mol. The molecule has 4 rings (SSSR count). The Hall–Kier alpha value is -3.74. The Morgan fingerprint density at radius 3 is 2.55 bits per heavy atom. The molecule has 29 heavy (non-hydrogen) atoms. The topological polar surface area (TPSA) is 68.4 Å². The first kappa shape index (κ1) is 18.6. The van der Waals surface area contributed by atoms with E-state index in [-0.39, 0.29) is 30.2 Å². The molecule has 0 bridgehead atoms. The summed E-state index contributed by atoms with van der Waals surface area (Å²) in [7, 11) is 0. The summed E-state index contributed by atoms with van der Waals surface area (Å²) in [4.78, 5) is 24.8. The van der Waals surface area contributed by atoms with Crippen LogP contribution in [0.5, 0.6) is 0 Å². The van der Waals surface area contributed by atoms with Gasteiger partial charge in [0.25, 0.3) is 5.56 Å². The minimum atomic E-state index is -0.328. The van der Waals surface area contributed by atoms with Crippen molar-refractivity contribution in [1.29, 1.82) is 0 Å². The first-order valence-corrected chi connectivity index (χ1v) is 9.25. The van der Waals surface area contributed by atoms with Gasteiger partial charge in [0.1, 0.15) is 11.3 Å². The Morgan fingerprint density at radius 1 is 1.03 bits per heavy atom. The average molecular weight is 390 g/mol. The standard InChI is InChI=1S/C22H19FN4O2/c23-18-8-6-17(7-9-18)19-14-20-22(29)26(12-13-27(20)25-19)11-10-21(28)24-15-16-4-2-1-3-5-16/h1-9,12-14H,10-11,15H2,(H,24,28). The number of nitrogens with zero attached hydrogens (tertiary/aromatic N) is 3. The van der Waals surface area contributed by atoms with Gasteiger partial charge in [0.05, 0.1) is 5.69 Å². The van der Waals surface area contributed by atoms with Crippen molar-refractivity contribution in [3.8, 4) is 11.3 Å². The number of halogens is 1. The Balaban J connectivity index is 1.45. The van der Waals surface area contributed by atoms with Crippen LogP contribution >= 0.6 is 0 Å². The van der Waals surface area contributed by atoms with E-state index in [1.807, 2.05) is 30.3 Å². The highest BCUT2D eigenvalue weighted by atomic mass is 19.1. The molecule has 0 saturated heterocycles. The Bertz CT molecular complexity index is 1200. The van der Waals surface area contributed by atoms with Gasteiger partial charge in [0.2, 0.25) is 5.91 Å². The molecule has 0 radical (unpaired) electrons. The van der Waals surface area contributed by atoms with Crippen LogP contribution in [-0.4, -0.2) is 20.1 Å². The second-order valence-corrected chi connectivity index (χ2v) is 6.68. The average Bonchev–Trinajstić information content (AvgIpc) is 3.18. The van der Waals surface area contributed by atoms with E-state index in [1.54, 1.807) is 30.6 Å². The van der Waals surface area contributed by atoms with Crippen LogP contribution in [0, 0.1) is 5.82 Å². The lowest BCUT2D eigenvalue weighted by molar-refractivity contribution is -0.121. The van der Waals surface area contributed by atoms with Crippen molar-refractivity contribution < 1.29 is 9.18 Å². The fourth-order valence-corrected chi connectivity index (χ4v) is 3.07. The predicted octanol–water partition coefficient (Wildman–Crippen LogP) is 3.01. The van der Waals surface area contributed by atoms with Gasteiger partial charge in [-0.1, -0.05) is 30.3 Å². The van der Waals surface area contributed by atoms with E-state index in [1.165, 1.54) is 21.2 Å². The molecule has 4 aromatic rings. The third-order valence-corrected chi connectivity index (χ3v) is 4.66. The van der Waals surface area contributed by atoms with Crippen molar-refractivity contribution in [1.82, 2.24) is 19.5 Å². The largest absolute Gasteiger partial charge is 0.352 e. The van der Waals surface area contributed by atoms with Crippen molar-refractivity contribution >= 4 is 11.4 Å². The van der Waals surface area contributed by atoms with Gasteiger partial charge in [0, 0.05) is 37.5 Å². The van der Waals surface area contributed by atoms with Gasteiger partial charge >= 0.3 is 0 Å². The summed E-state index contributed by atoms with van der Waals surface area (Å²) in [6.45, 7) is 0.726. The number of benzene rings is 2. The first-order chi connectivity index (χ1) is 14.1. The number of rotatable bonds is 6. The highest BCUT2D eigenvalue weighted by molar-refractivity contribution is 5.75. The SMILES string of the molecule is O=C(CCn1ccn2nc(-c3ccc(F)cc3)cc2c1=O)NCc1ccccc1. The third kappa shape index (κ3) is 4.24. The smallest absolute Gasteiger partial charge is 0.276 e. The van der Waals surface area contributed by atoms with Crippen LogP contribution in [0.3, 0.4) is 0 Å². The molecule has 0 aliphatic heterocycles. The molecule has 6 nitrogen and oxygen atoms in total. The second-order valence-electron chi connectivity index (χ2n) is 6.68. The van der Waals surface area contributed by atoms with E-state index in [9.17, 15) is 14.0 Å². The molecule has 146 valence electrons. The molecule has 0 spiro atoms. The summed E-state index contributed by atoms with van der Waals surface area (Å²) >= 11 is 0. The van der Waals surface area contributed by atoms with Gasteiger partial charge in [-0.2, -0.15) is 5.10 Å². The van der Waals surface area contributed by atoms with E-state index in [4.69, 9.17) is 0 Å². The molecule has 0 aliphatic rings. The summed E-state index contributed by atoms with van der Waals surface area (Å²) in [6.07, 6.45) is 3.48. The zero-order chi connectivity index (χ0) is 20.2. The summed E-state index contributed by atoms with van der Waals surface area (Å²) < 4.78 is 16.1. The molecular weight excluding hydrogens is 371 g/mol. The van der Waals surface area contributed by atoms with Crippen molar-refractivity contribution in [2.24, 2.45) is 0 Å². The van der Waals surface area contributed by atoms with Crippen molar-refractivity contribution in [3.05, 3.63) is 94.8 Å². The van der Waals surface area contributed by atoms with Gasteiger partial charge in [-0.3, -0.25) is 9.59 Å². The van der Waals surface area contributed by atoms with Crippen molar-refractivity contribution in [2.45, 2.75) is 19.5 Å². The maximum atomic E-state index is 13.1. The molecule has 2 aromatic heterocycles. The Kier molecular flexibility index (Phi) is 5.20. The van der Waals surface area contributed by atoms with E-state index in [2.05, 4.69) is 10.4 Å². The van der Waals surface area contributed by atoms with Gasteiger partial charge in [-0.15, -0.1) is 0 Å². The van der Waals surface area contributed by atoms with Crippen LogP contribution in [0.1, 0.15) is 12.0 Å². The van der Waals surface area contributed by atoms with Crippen LogP contribution in [0.4, 0.5) is 4.39 Å². The molecular formula is C22H19FN4O2. The quantitative estimate of drug-likeness (QED) is 0.550. The molecule has 0 unspecified atom stereocenters. The number of aryl methyl sites for hydroxylation is 1. The molecule has 7 heteroatoms. The third-order valence-electron chi connectivity index (χ3n) is 4.66. The number of carbonyl (C=O) groups excluding carboxylic acids is 1. The number of aromatic nitrogens is 3. The second kappa shape index (κ2) is 8.10. The zero-order valence-corrected chi connectivity index (χ0v) is 15.6. The summed E-state index contributed by atoms with van der Waals surface area (Å²) in [5.74, 6) is -0.452. The summed E-state index contributed by atoms with van der Waals surface area (Å²) in [6, 6.07) is 17.3. The van der Waals surface area contributed by atoms with Crippen LogP contribution in [-0.2, 0) is 17.9 Å². The summed E-state index contributed by atoms with van der Waals surface area (Å²) in [5.41, 5.74) is 2.49. The fourth-order valence-electron chi connectivity index (χ4n) is 3.07. The normalized spacial score (nSPS) is 10.9. The van der Waals surface area contributed by atoms with E-state index < -0.39 is 0 Å². The van der Waals surface area contributed by atoms with Gasteiger partial charge in [-0.25, -0.2) is 8.91 Å². The summed E-state index contributed by atoms with van der Waals surface area (Å²) in [5, 5.41) is 7.23. The maximum absolute atomic E-state index is 13.1. The fraction of sp³-hybridized carbons (Fsp3) is 0.136. The van der Waals surface area contributed by atoms with Gasteiger partial charge < -0.3 is 9.88 Å². The molecule has 0 fully saturated rings. The van der Waals surface area contributed by atoms with Crippen LogP contribution in [0.15, 0.2) is 77.9 Å². The molecule has 1 amide bonds. The highest BCUT2D eigenvalue weighted by Crippen LogP contribution is 2.18. The minimum Gasteiger partial charge on any atom is -0.352 e. The van der Waals surface area contributed by atoms with Crippen molar-refractivity contribution in [3.63, 3.8) is 0 Å². The first-order valence-electron chi connectivity index (χ1n) is 9.25. The van der Waals surface area contributed by atoms with Crippen LogP contribution in [0.2, 0.25) is 0 Å². The highest BCUT2D eigenvalue weighted by Gasteiger charge is 2.10. The van der Waals surface area contributed by atoms with Gasteiger partial charge in [-0.05, 0) is 35.9 Å². The van der Waals surface area contributed by atoms with E-state index in [0.29, 0.717) is 17.8 Å². The molecule has 0 aliphatic carbocycles. The lowest BCUT2D eigenvalue weighted by Gasteiger charge is -2.07. The minimum absolute atomic E-state index is 0.124. The number of hydrogen-bond donors (Lipinski definition) is 1. The lowest BCUT2D eigenvalue weighted by atomic mass is 10.1. The molecule has 0 saturated carbocycles. The predicted molar refractivity (Wildman–Crippen MR) is 108 cm³/mol. The van der Waals surface area contributed by atoms with Crippen LogP contribution < -0.4 is 10.9 Å². The Morgan fingerprint density at radius 2 is 1.79 bits per heavy atom. The number of carbonyl (C=O) groups is 1. The zero-order valence-electron chi connectivity index (χ0n) is 15.6. The molecule has 0 atom stereocenters. The number of fused-ring (bicyclic) bond motifs is 1. The van der Waals surface area contributed by atoms with Gasteiger partial charge in [0.15, 0.2) is 0 Å². The van der Waals surface area contributed by atoms with Crippen LogP contribution in [0.25, 0.3) is 16.8 Å². The number of nitrogens with one attached hydrogen (secondary N) is 1. The maximum Gasteiger partial charge on any atom is 0.276 e. The molecule has 2 aromatic carbocycles. The number of hydrogen-bond acceptors (Lipinski definition) is 3. The van der Waals surface area contributed by atoms with E-state index in [0.717, 1.165) is 11.1 Å². The lowest BCUT2D eigenvalue weighted by Crippen LogP contribution is -2.27.